The molecule has 0 aliphatic rings. The molecule has 2 N–H and O–H groups in total. The van der Waals surface area contributed by atoms with E-state index >= 15 is 0 Å². The number of fused-ring (bicyclic) bond motifs is 1. The molecule has 0 fully saturated rings. The van der Waals surface area contributed by atoms with Gasteiger partial charge >= 0.3 is 0 Å². The second-order valence-electron chi connectivity index (χ2n) is 6.89. The molecule has 7 nitrogen and oxygen atoms in total. The lowest BCUT2D eigenvalue weighted by Crippen LogP contribution is -2.38. The summed E-state index contributed by atoms with van der Waals surface area (Å²) in [6.45, 7) is 6.30. The first-order valence-electron chi connectivity index (χ1n) is 10.4. The summed E-state index contributed by atoms with van der Waals surface area (Å²) >= 11 is 0. The van der Waals surface area contributed by atoms with E-state index in [1.165, 1.54) is 10.9 Å². The molecule has 160 valence electrons. The maximum Gasteiger partial charge on any atom is 0.213 e. The Morgan fingerprint density at radius 3 is 2.80 bits per heavy atom. The average molecular weight is 410 g/mol. The Morgan fingerprint density at radius 1 is 1.10 bits per heavy atom. The molecule has 3 aromatic rings. The van der Waals surface area contributed by atoms with Crippen molar-refractivity contribution in [1.29, 1.82) is 0 Å². The molecule has 0 amide bonds. The second-order valence-corrected chi connectivity index (χ2v) is 6.89. The minimum atomic E-state index is 0.494. The number of hydrogen-bond acceptors (Lipinski definition) is 4. The van der Waals surface area contributed by atoms with E-state index in [2.05, 4.69) is 68.6 Å². The van der Waals surface area contributed by atoms with Gasteiger partial charge in [-0.15, -0.1) is 0 Å². The first kappa shape index (κ1) is 21.6. The van der Waals surface area contributed by atoms with Gasteiger partial charge in [-0.1, -0.05) is 24.3 Å². The quantitative estimate of drug-likeness (QED) is 0.289. The van der Waals surface area contributed by atoms with Crippen LogP contribution in [0.5, 0.6) is 5.88 Å². The highest BCUT2D eigenvalue weighted by atomic mass is 16.5. The van der Waals surface area contributed by atoms with Crippen molar-refractivity contribution in [3.63, 3.8) is 0 Å². The van der Waals surface area contributed by atoms with Crippen LogP contribution >= 0.6 is 0 Å². The van der Waals surface area contributed by atoms with Crippen LogP contribution in [0.15, 0.2) is 59.9 Å². The number of nitrogens with one attached hydrogen (secondary N) is 2. The molecular weight excluding hydrogens is 378 g/mol. The highest BCUT2D eigenvalue weighted by Gasteiger charge is 2.02. The average Bonchev–Trinajstić information content (AvgIpc) is 3.19. The smallest absolute Gasteiger partial charge is 0.213 e. The first-order valence-corrected chi connectivity index (χ1v) is 10.4. The van der Waals surface area contributed by atoms with Crippen LogP contribution in [0.4, 0.5) is 0 Å². The van der Waals surface area contributed by atoms with Gasteiger partial charge in [0.1, 0.15) is 6.61 Å². The lowest BCUT2D eigenvalue weighted by atomic mass is 10.2. The fourth-order valence-electron chi connectivity index (χ4n) is 3.12. The molecule has 0 aliphatic carbocycles. The van der Waals surface area contributed by atoms with E-state index in [-0.39, 0.29) is 0 Å². The van der Waals surface area contributed by atoms with Crippen molar-refractivity contribution >= 4 is 16.9 Å². The summed E-state index contributed by atoms with van der Waals surface area (Å²) in [7, 11) is 1.65. The summed E-state index contributed by atoms with van der Waals surface area (Å²) in [5.41, 5.74) is 2.31. The van der Waals surface area contributed by atoms with Crippen molar-refractivity contribution in [1.82, 2.24) is 20.2 Å². The lowest BCUT2D eigenvalue weighted by Gasteiger charge is -2.12. The molecule has 0 saturated heterocycles. The Labute approximate surface area is 178 Å². The Morgan fingerprint density at radius 2 is 2.00 bits per heavy atom. The van der Waals surface area contributed by atoms with Crippen molar-refractivity contribution in [3.8, 4) is 5.88 Å². The maximum absolute atomic E-state index is 5.49. The van der Waals surface area contributed by atoms with Gasteiger partial charge in [-0.2, -0.15) is 0 Å². The Kier molecular flexibility index (Phi) is 8.53. The molecule has 0 unspecified atom stereocenters. The highest BCUT2D eigenvalue weighted by Crippen LogP contribution is 2.15. The summed E-state index contributed by atoms with van der Waals surface area (Å²) < 4.78 is 12.8. The minimum absolute atomic E-state index is 0.494. The molecule has 0 spiro atoms. The van der Waals surface area contributed by atoms with Crippen LogP contribution in [0.1, 0.15) is 18.9 Å². The van der Waals surface area contributed by atoms with E-state index in [0.29, 0.717) is 25.6 Å². The molecule has 0 radical (unpaired) electrons. The molecule has 7 heteroatoms. The zero-order chi connectivity index (χ0) is 21.0. The van der Waals surface area contributed by atoms with Gasteiger partial charge in [-0.3, -0.25) is 0 Å². The number of rotatable bonds is 11. The number of methoxy groups -OCH3 is 1. The van der Waals surface area contributed by atoms with E-state index in [1.807, 2.05) is 12.1 Å². The number of aliphatic imine (C=N–C) groups is 1. The number of para-hydroxylation sites is 1. The molecule has 2 aromatic heterocycles. The number of pyridine rings is 1. The third-order valence-corrected chi connectivity index (χ3v) is 4.65. The lowest BCUT2D eigenvalue weighted by molar-refractivity contribution is 0.143. The topological polar surface area (TPSA) is 72.7 Å². The van der Waals surface area contributed by atoms with Gasteiger partial charge in [0, 0.05) is 50.7 Å². The molecule has 0 aliphatic heterocycles. The van der Waals surface area contributed by atoms with Crippen molar-refractivity contribution < 1.29 is 9.47 Å². The van der Waals surface area contributed by atoms with Gasteiger partial charge in [-0.25, -0.2) is 9.98 Å². The van der Waals surface area contributed by atoms with Gasteiger partial charge in [-0.05, 0) is 36.4 Å². The Bertz CT molecular complexity index is 921. The van der Waals surface area contributed by atoms with E-state index in [4.69, 9.17) is 9.47 Å². The highest BCUT2D eigenvalue weighted by molar-refractivity contribution is 5.80. The first-order chi connectivity index (χ1) is 14.8. The number of aromatic nitrogens is 2. The number of guanidine groups is 1. The largest absolute Gasteiger partial charge is 0.475 e. The van der Waals surface area contributed by atoms with Crippen molar-refractivity contribution in [2.45, 2.75) is 26.4 Å². The summed E-state index contributed by atoms with van der Waals surface area (Å²) in [4.78, 5) is 8.97. The summed E-state index contributed by atoms with van der Waals surface area (Å²) in [5.74, 6) is 1.41. The molecule has 0 bridgehead atoms. The van der Waals surface area contributed by atoms with Crippen molar-refractivity contribution in [2.24, 2.45) is 4.99 Å². The van der Waals surface area contributed by atoms with E-state index < -0.39 is 0 Å². The summed E-state index contributed by atoms with van der Waals surface area (Å²) in [6, 6.07) is 14.5. The van der Waals surface area contributed by atoms with Crippen LogP contribution < -0.4 is 15.4 Å². The van der Waals surface area contributed by atoms with E-state index in [1.54, 1.807) is 13.3 Å². The molecule has 0 atom stereocenters. The normalized spacial score (nSPS) is 11.6. The monoisotopic (exact) mass is 409 g/mol. The standard InChI is InChI=1S/C23H31N5O2/c1-3-24-23(27-18-19-9-10-22(26-17-19)30-16-15-29-2)25-12-6-13-28-14-11-20-7-4-5-8-21(20)28/h4-5,7-11,14,17H,3,6,12-13,15-16,18H2,1-2H3,(H2,24,25,27). The number of ether oxygens (including phenoxy) is 2. The Hall–Kier alpha value is -3.06. The second kappa shape index (κ2) is 11.8. The zero-order valence-corrected chi connectivity index (χ0v) is 17.8. The van der Waals surface area contributed by atoms with E-state index in [0.717, 1.165) is 37.6 Å². The van der Waals surface area contributed by atoms with Gasteiger partial charge in [0.05, 0.1) is 13.2 Å². The van der Waals surface area contributed by atoms with Gasteiger partial charge in [0.25, 0.3) is 0 Å². The minimum Gasteiger partial charge on any atom is -0.475 e. The predicted octanol–water partition coefficient (Wildman–Crippen LogP) is 3.21. The molecule has 0 saturated carbocycles. The van der Waals surface area contributed by atoms with Crippen molar-refractivity contribution in [2.75, 3.05) is 33.4 Å². The van der Waals surface area contributed by atoms with Crippen LogP contribution in [0.25, 0.3) is 10.9 Å². The SMILES string of the molecule is CCNC(=NCc1ccc(OCCOC)nc1)NCCCn1ccc2ccccc21. The molecule has 2 heterocycles. The summed E-state index contributed by atoms with van der Waals surface area (Å²) in [5, 5.41) is 7.99. The van der Waals surface area contributed by atoms with Gasteiger partial charge < -0.3 is 24.7 Å². The number of nitrogens with zero attached hydrogens (tertiary/aromatic N) is 3. The molecule has 3 rings (SSSR count). The van der Waals surface area contributed by atoms with Crippen LogP contribution in [0.2, 0.25) is 0 Å². The van der Waals surface area contributed by atoms with Gasteiger partial charge in [0.2, 0.25) is 5.88 Å². The number of aryl methyl sites for hydroxylation is 1. The predicted molar refractivity (Wildman–Crippen MR) is 121 cm³/mol. The third-order valence-electron chi connectivity index (χ3n) is 4.65. The zero-order valence-electron chi connectivity index (χ0n) is 17.8. The third kappa shape index (κ3) is 6.49. The van der Waals surface area contributed by atoms with Crippen LogP contribution in [0, 0.1) is 0 Å². The van der Waals surface area contributed by atoms with Crippen molar-refractivity contribution in [3.05, 3.63) is 60.4 Å². The van der Waals surface area contributed by atoms with Gasteiger partial charge in [0.15, 0.2) is 5.96 Å². The number of hydrogen-bond donors (Lipinski definition) is 2. The molecular formula is C23H31N5O2. The molecule has 30 heavy (non-hydrogen) atoms. The van der Waals surface area contributed by atoms with E-state index in [9.17, 15) is 0 Å². The van der Waals surface area contributed by atoms with Crippen LogP contribution in [0.3, 0.4) is 0 Å². The van der Waals surface area contributed by atoms with Crippen LogP contribution in [-0.4, -0.2) is 48.9 Å². The summed E-state index contributed by atoms with van der Waals surface area (Å²) in [6.07, 6.45) is 4.96. The Balaban J connectivity index is 1.46. The fourth-order valence-corrected chi connectivity index (χ4v) is 3.12. The van der Waals surface area contributed by atoms with Crippen LogP contribution in [-0.2, 0) is 17.8 Å². The maximum atomic E-state index is 5.49. The fraction of sp³-hybridized carbons (Fsp3) is 0.391. The number of benzene rings is 1. The molecule has 1 aromatic carbocycles.